The Bertz CT molecular complexity index is 623. The second-order valence-corrected chi connectivity index (χ2v) is 6.60. The number of rotatable bonds is 7. The highest BCUT2D eigenvalue weighted by atomic mass is 32.1. The number of aryl methyl sites for hydroxylation is 1. The topological polar surface area (TPSA) is 27.3 Å². The van der Waals surface area contributed by atoms with Gasteiger partial charge >= 0.3 is 0 Å². The first-order valence-electron chi connectivity index (χ1n) is 8.42. The molecule has 2 aromatic carbocycles. The summed E-state index contributed by atoms with van der Waals surface area (Å²) in [7, 11) is 4.21. The zero-order valence-corrected chi connectivity index (χ0v) is 15.6. The van der Waals surface area contributed by atoms with Gasteiger partial charge in [0.1, 0.15) is 0 Å². The molecule has 0 unspecified atom stereocenters. The number of nitrogens with one attached hydrogen (secondary N) is 2. The van der Waals surface area contributed by atoms with Crippen molar-refractivity contribution in [2.75, 3.05) is 26.0 Å². The molecule has 24 heavy (non-hydrogen) atoms. The quantitative estimate of drug-likeness (QED) is 0.751. The van der Waals surface area contributed by atoms with Crippen LogP contribution in [0.5, 0.6) is 0 Å². The summed E-state index contributed by atoms with van der Waals surface area (Å²) in [6, 6.07) is 19.3. The van der Waals surface area contributed by atoms with E-state index in [2.05, 4.69) is 91.1 Å². The lowest BCUT2D eigenvalue weighted by molar-refractivity contribution is 0.291. The van der Waals surface area contributed by atoms with Crippen molar-refractivity contribution in [1.82, 2.24) is 10.2 Å². The van der Waals surface area contributed by atoms with Gasteiger partial charge in [-0.25, -0.2) is 0 Å². The van der Waals surface area contributed by atoms with Crippen molar-refractivity contribution < 1.29 is 0 Å². The Morgan fingerprint density at radius 2 is 1.67 bits per heavy atom. The molecular weight excluding hydrogens is 314 g/mol. The van der Waals surface area contributed by atoms with E-state index in [0.717, 1.165) is 25.1 Å². The SMILES string of the molecule is CCc1ccc(NC(=S)NC[C@H](Cc2ccccc2)N(C)C)cc1. The molecular formula is C20H27N3S. The Hall–Kier alpha value is -1.91. The zero-order valence-electron chi connectivity index (χ0n) is 14.8. The molecule has 2 aromatic rings. The van der Waals surface area contributed by atoms with Gasteiger partial charge in [0, 0.05) is 18.3 Å². The van der Waals surface area contributed by atoms with Gasteiger partial charge in [0.15, 0.2) is 5.11 Å². The molecule has 0 amide bonds. The highest BCUT2D eigenvalue weighted by molar-refractivity contribution is 7.80. The number of hydrogen-bond acceptors (Lipinski definition) is 2. The number of nitrogens with zero attached hydrogens (tertiary/aromatic N) is 1. The molecule has 0 aliphatic carbocycles. The minimum atomic E-state index is 0.384. The average Bonchev–Trinajstić information content (AvgIpc) is 2.60. The molecule has 3 nitrogen and oxygen atoms in total. The monoisotopic (exact) mass is 341 g/mol. The Morgan fingerprint density at radius 3 is 2.25 bits per heavy atom. The largest absolute Gasteiger partial charge is 0.361 e. The first-order chi connectivity index (χ1) is 11.6. The molecule has 0 fully saturated rings. The fourth-order valence-corrected chi connectivity index (χ4v) is 2.73. The molecule has 0 bridgehead atoms. The van der Waals surface area contributed by atoms with Crippen molar-refractivity contribution in [3.63, 3.8) is 0 Å². The molecule has 0 spiro atoms. The number of likely N-dealkylation sites (N-methyl/N-ethyl adjacent to an activating group) is 1. The van der Waals surface area contributed by atoms with E-state index in [1.165, 1.54) is 11.1 Å². The Morgan fingerprint density at radius 1 is 1.00 bits per heavy atom. The summed E-state index contributed by atoms with van der Waals surface area (Å²) in [5.74, 6) is 0. The van der Waals surface area contributed by atoms with Gasteiger partial charge in [0.2, 0.25) is 0 Å². The first kappa shape index (κ1) is 18.4. The van der Waals surface area contributed by atoms with Crippen LogP contribution in [0, 0.1) is 0 Å². The summed E-state index contributed by atoms with van der Waals surface area (Å²) in [5.41, 5.74) is 3.69. The summed E-state index contributed by atoms with van der Waals surface area (Å²) in [5, 5.41) is 7.26. The van der Waals surface area contributed by atoms with Gasteiger partial charge in [-0.3, -0.25) is 0 Å². The second kappa shape index (κ2) is 9.40. The van der Waals surface area contributed by atoms with E-state index in [1.54, 1.807) is 0 Å². The molecule has 0 aromatic heterocycles. The molecule has 0 heterocycles. The van der Waals surface area contributed by atoms with Crippen molar-refractivity contribution >= 4 is 23.0 Å². The normalized spacial score (nSPS) is 12.0. The Labute approximate surface area is 151 Å². The van der Waals surface area contributed by atoms with E-state index in [9.17, 15) is 0 Å². The fraction of sp³-hybridized carbons (Fsp3) is 0.350. The molecule has 0 aliphatic rings. The second-order valence-electron chi connectivity index (χ2n) is 6.19. The zero-order chi connectivity index (χ0) is 17.4. The molecule has 0 aliphatic heterocycles. The maximum absolute atomic E-state index is 5.43. The number of hydrogen-bond donors (Lipinski definition) is 2. The molecule has 2 rings (SSSR count). The Kier molecular flexibility index (Phi) is 7.22. The third-order valence-corrected chi connectivity index (χ3v) is 4.41. The van der Waals surface area contributed by atoms with E-state index in [4.69, 9.17) is 12.2 Å². The molecule has 0 saturated carbocycles. The van der Waals surface area contributed by atoms with E-state index in [0.29, 0.717) is 11.2 Å². The van der Waals surface area contributed by atoms with Gasteiger partial charge in [-0.15, -0.1) is 0 Å². The van der Waals surface area contributed by atoms with E-state index < -0.39 is 0 Å². The number of anilines is 1. The Balaban J connectivity index is 1.85. The summed E-state index contributed by atoms with van der Waals surface area (Å²) in [6.45, 7) is 2.96. The lowest BCUT2D eigenvalue weighted by Gasteiger charge is -2.25. The van der Waals surface area contributed by atoms with E-state index in [1.807, 2.05) is 0 Å². The van der Waals surface area contributed by atoms with Gasteiger partial charge in [-0.05, 0) is 62.4 Å². The minimum absolute atomic E-state index is 0.384. The maximum Gasteiger partial charge on any atom is 0.170 e. The van der Waals surface area contributed by atoms with Crippen molar-refractivity contribution in [2.45, 2.75) is 25.8 Å². The predicted octanol–water partition coefficient (Wildman–Crippen LogP) is 3.71. The van der Waals surface area contributed by atoms with Crippen LogP contribution in [0.15, 0.2) is 54.6 Å². The lowest BCUT2D eigenvalue weighted by Crippen LogP contribution is -2.42. The summed E-state index contributed by atoms with van der Waals surface area (Å²) in [4.78, 5) is 2.23. The average molecular weight is 342 g/mol. The van der Waals surface area contributed by atoms with Crippen LogP contribution in [0.2, 0.25) is 0 Å². The van der Waals surface area contributed by atoms with Crippen LogP contribution in [0.25, 0.3) is 0 Å². The summed E-state index contributed by atoms with van der Waals surface area (Å²) < 4.78 is 0. The van der Waals surface area contributed by atoms with Gasteiger partial charge < -0.3 is 15.5 Å². The first-order valence-corrected chi connectivity index (χ1v) is 8.83. The smallest absolute Gasteiger partial charge is 0.170 e. The van der Waals surface area contributed by atoms with Crippen LogP contribution in [-0.4, -0.2) is 36.7 Å². The lowest BCUT2D eigenvalue weighted by atomic mass is 10.1. The standard InChI is InChI=1S/C20H27N3S/c1-4-16-10-12-18(13-11-16)22-20(24)21-15-19(23(2)3)14-17-8-6-5-7-9-17/h5-13,19H,4,14-15H2,1-3H3,(H2,21,22,24)/t19-/m0/s1. The van der Waals surface area contributed by atoms with Crippen LogP contribution in [0.3, 0.4) is 0 Å². The predicted molar refractivity (Wildman–Crippen MR) is 108 cm³/mol. The third-order valence-electron chi connectivity index (χ3n) is 4.16. The van der Waals surface area contributed by atoms with Crippen LogP contribution in [0.1, 0.15) is 18.1 Å². The molecule has 128 valence electrons. The summed E-state index contributed by atoms with van der Waals surface area (Å²) in [6.07, 6.45) is 2.04. The van der Waals surface area contributed by atoms with Crippen LogP contribution >= 0.6 is 12.2 Å². The third kappa shape index (κ3) is 5.95. The molecule has 4 heteroatoms. The highest BCUT2D eigenvalue weighted by Crippen LogP contribution is 2.10. The maximum atomic E-state index is 5.43. The molecule has 0 radical (unpaired) electrons. The van der Waals surface area contributed by atoms with Crippen LogP contribution in [-0.2, 0) is 12.8 Å². The molecule has 2 N–H and O–H groups in total. The van der Waals surface area contributed by atoms with Crippen molar-refractivity contribution in [3.8, 4) is 0 Å². The van der Waals surface area contributed by atoms with Gasteiger partial charge in [-0.2, -0.15) is 0 Å². The van der Waals surface area contributed by atoms with Crippen molar-refractivity contribution in [1.29, 1.82) is 0 Å². The fourth-order valence-electron chi connectivity index (χ4n) is 2.53. The van der Waals surface area contributed by atoms with Crippen molar-refractivity contribution in [3.05, 3.63) is 65.7 Å². The van der Waals surface area contributed by atoms with Gasteiger partial charge in [-0.1, -0.05) is 49.4 Å². The summed E-state index contributed by atoms with van der Waals surface area (Å²) >= 11 is 5.43. The van der Waals surface area contributed by atoms with E-state index in [-0.39, 0.29) is 0 Å². The van der Waals surface area contributed by atoms with Gasteiger partial charge in [0.05, 0.1) is 0 Å². The molecule has 0 saturated heterocycles. The van der Waals surface area contributed by atoms with Gasteiger partial charge in [0.25, 0.3) is 0 Å². The van der Waals surface area contributed by atoms with Crippen LogP contribution in [0.4, 0.5) is 5.69 Å². The molecule has 1 atom stereocenters. The van der Waals surface area contributed by atoms with Crippen molar-refractivity contribution in [2.24, 2.45) is 0 Å². The highest BCUT2D eigenvalue weighted by Gasteiger charge is 2.12. The number of thiocarbonyl (C=S) groups is 1. The minimum Gasteiger partial charge on any atom is -0.361 e. The number of benzene rings is 2. The van der Waals surface area contributed by atoms with E-state index >= 15 is 0 Å². The van der Waals surface area contributed by atoms with Crippen LogP contribution < -0.4 is 10.6 Å².